The van der Waals surface area contributed by atoms with Gasteiger partial charge in [0.1, 0.15) is 18.2 Å². The number of nitrogens with one attached hydrogen (secondary N) is 1. The quantitative estimate of drug-likeness (QED) is 0.505. The van der Waals surface area contributed by atoms with E-state index in [0.29, 0.717) is 20.6 Å². The van der Waals surface area contributed by atoms with Gasteiger partial charge in [-0.25, -0.2) is 17.2 Å². The maximum Gasteiger partial charge on any atom is 0.246 e. The fraction of sp³-hybridized carbons (Fsp3) is 0.400. The molecule has 0 spiro atoms. The van der Waals surface area contributed by atoms with Crippen molar-refractivity contribution < 1.29 is 22.0 Å². The molecular weight excluding hydrogens is 418 g/mol. The summed E-state index contributed by atoms with van der Waals surface area (Å²) in [4.78, 5) is 12.2. The van der Waals surface area contributed by atoms with E-state index in [0.717, 1.165) is 35.5 Å². The van der Waals surface area contributed by atoms with Gasteiger partial charge < -0.3 is 0 Å². The summed E-state index contributed by atoms with van der Waals surface area (Å²) in [6, 6.07) is 2.43. The number of nitrogens with zero attached hydrogens (tertiary/aromatic N) is 3. The van der Waals surface area contributed by atoms with Crippen molar-refractivity contribution in [3.63, 3.8) is 0 Å². The number of benzene rings is 1. The van der Waals surface area contributed by atoms with E-state index in [1.54, 1.807) is 0 Å². The first kappa shape index (κ1) is 21.5. The highest BCUT2D eigenvalue weighted by Crippen LogP contribution is 2.27. The Morgan fingerprint density at radius 3 is 2.63 bits per heavy atom. The van der Waals surface area contributed by atoms with Crippen LogP contribution in [-0.4, -0.2) is 43.1 Å². The summed E-state index contributed by atoms with van der Waals surface area (Å²) in [5.41, 5.74) is -0.417. The van der Waals surface area contributed by atoms with Gasteiger partial charge in [0.05, 0.1) is 11.9 Å². The summed E-state index contributed by atoms with van der Waals surface area (Å²) in [5.74, 6) is -1.36. The SMILES string of the molecule is CC(C)CSc1nnc(NC(=O)CN(c2ccc(F)cc2F)S(C)(=O)=O)s1. The molecular formula is C15H18F2N4O3S3. The molecule has 1 aromatic carbocycles. The van der Waals surface area contributed by atoms with Crippen LogP contribution in [0.15, 0.2) is 22.5 Å². The summed E-state index contributed by atoms with van der Waals surface area (Å²) in [5, 5.41) is 10.4. The van der Waals surface area contributed by atoms with Crippen molar-refractivity contribution >= 4 is 49.8 Å². The van der Waals surface area contributed by atoms with E-state index in [-0.39, 0.29) is 5.13 Å². The average Bonchev–Trinajstić information content (AvgIpc) is 2.98. The normalized spacial score (nSPS) is 11.6. The van der Waals surface area contributed by atoms with Crippen LogP contribution in [-0.2, 0) is 14.8 Å². The molecule has 0 radical (unpaired) electrons. The predicted octanol–water partition coefficient (Wildman–Crippen LogP) is 2.97. The molecule has 2 aromatic rings. The van der Waals surface area contributed by atoms with E-state index in [1.807, 2.05) is 0 Å². The topological polar surface area (TPSA) is 92.3 Å². The number of hydrogen-bond acceptors (Lipinski definition) is 7. The highest BCUT2D eigenvalue weighted by Gasteiger charge is 2.24. The summed E-state index contributed by atoms with van der Waals surface area (Å²) in [7, 11) is -3.98. The van der Waals surface area contributed by atoms with Gasteiger partial charge in [0.2, 0.25) is 21.1 Å². The van der Waals surface area contributed by atoms with Crippen LogP contribution in [0.3, 0.4) is 0 Å². The number of hydrogen-bond donors (Lipinski definition) is 1. The van der Waals surface area contributed by atoms with Crippen molar-refractivity contribution in [2.24, 2.45) is 5.92 Å². The van der Waals surface area contributed by atoms with Crippen molar-refractivity contribution in [1.29, 1.82) is 0 Å². The van der Waals surface area contributed by atoms with E-state index >= 15 is 0 Å². The lowest BCUT2D eigenvalue weighted by Gasteiger charge is -2.22. The van der Waals surface area contributed by atoms with Crippen LogP contribution in [0.5, 0.6) is 0 Å². The first-order valence-corrected chi connectivity index (χ1v) is 11.4. The zero-order chi connectivity index (χ0) is 20.2. The van der Waals surface area contributed by atoms with Crippen molar-refractivity contribution in [2.45, 2.75) is 18.2 Å². The number of halogens is 2. The van der Waals surface area contributed by atoms with Gasteiger partial charge in [-0.15, -0.1) is 10.2 Å². The summed E-state index contributed by atoms with van der Waals surface area (Å²) in [6.45, 7) is 3.44. The Kier molecular flexibility index (Phi) is 7.12. The Balaban J connectivity index is 2.11. The first-order valence-electron chi connectivity index (χ1n) is 7.75. The van der Waals surface area contributed by atoms with Gasteiger partial charge in [0.25, 0.3) is 0 Å². The molecule has 1 aromatic heterocycles. The van der Waals surface area contributed by atoms with Gasteiger partial charge in [-0.2, -0.15) is 0 Å². The Hall–Kier alpha value is -1.79. The van der Waals surface area contributed by atoms with Gasteiger partial charge in [0.15, 0.2) is 4.34 Å². The number of amides is 1. The molecule has 12 heteroatoms. The van der Waals surface area contributed by atoms with Crippen molar-refractivity contribution in [3.05, 3.63) is 29.8 Å². The van der Waals surface area contributed by atoms with Gasteiger partial charge in [-0.3, -0.25) is 14.4 Å². The molecule has 7 nitrogen and oxygen atoms in total. The zero-order valence-electron chi connectivity index (χ0n) is 14.8. The maximum absolute atomic E-state index is 14.0. The molecule has 0 atom stereocenters. The molecule has 2 rings (SSSR count). The smallest absolute Gasteiger partial charge is 0.246 e. The van der Waals surface area contributed by atoms with E-state index in [4.69, 9.17) is 0 Å². The van der Waals surface area contributed by atoms with Gasteiger partial charge in [-0.1, -0.05) is 36.9 Å². The molecule has 1 amide bonds. The van der Waals surface area contributed by atoms with Crippen LogP contribution in [0.4, 0.5) is 19.6 Å². The number of rotatable bonds is 8. The third-order valence-electron chi connectivity index (χ3n) is 3.06. The maximum atomic E-state index is 14.0. The molecule has 0 saturated heterocycles. The average molecular weight is 437 g/mol. The van der Waals surface area contributed by atoms with E-state index < -0.39 is 39.8 Å². The van der Waals surface area contributed by atoms with Crippen molar-refractivity contribution in [2.75, 3.05) is 28.2 Å². The molecule has 1 heterocycles. The second-order valence-corrected chi connectivity index (χ2v) is 10.1. The molecule has 148 valence electrons. The lowest BCUT2D eigenvalue weighted by atomic mass is 10.3. The molecule has 0 bridgehead atoms. The third-order valence-corrected chi connectivity index (χ3v) is 6.58. The Morgan fingerprint density at radius 2 is 2.04 bits per heavy atom. The summed E-state index contributed by atoms with van der Waals surface area (Å²) in [6.07, 6.45) is 0.828. The minimum absolute atomic E-state index is 0.208. The number of thioether (sulfide) groups is 1. The lowest BCUT2D eigenvalue weighted by Crippen LogP contribution is -2.38. The monoisotopic (exact) mass is 436 g/mol. The lowest BCUT2D eigenvalue weighted by molar-refractivity contribution is -0.114. The second kappa shape index (κ2) is 8.93. The molecule has 0 fully saturated rings. The fourth-order valence-corrected chi connectivity index (χ4v) is 4.51. The van der Waals surface area contributed by atoms with Crippen LogP contribution in [0.25, 0.3) is 0 Å². The van der Waals surface area contributed by atoms with Gasteiger partial charge >= 0.3 is 0 Å². The molecule has 1 N–H and O–H groups in total. The van der Waals surface area contributed by atoms with Gasteiger partial charge in [-0.05, 0) is 18.1 Å². The molecule has 0 aliphatic heterocycles. The Labute approximate surface area is 164 Å². The Bertz CT molecular complexity index is 919. The minimum atomic E-state index is -3.98. The highest BCUT2D eigenvalue weighted by atomic mass is 32.2. The number of carbonyl (C=O) groups excluding carboxylic acids is 1. The van der Waals surface area contributed by atoms with Crippen molar-refractivity contribution in [1.82, 2.24) is 10.2 Å². The van der Waals surface area contributed by atoms with Gasteiger partial charge in [0, 0.05) is 11.8 Å². The molecule has 0 aliphatic carbocycles. The molecule has 0 unspecified atom stereocenters. The van der Waals surface area contributed by atoms with E-state index in [2.05, 4.69) is 29.4 Å². The van der Waals surface area contributed by atoms with Crippen molar-refractivity contribution in [3.8, 4) is 0 Å². The second-order valence-electron chi connectivity index (χ2n) is 5.99. The number of carbonyl (C=O) groups is 1. The van der Waals surface area contributed by atoms with Crippen LogP contribution in [0.1, 0.15) is 13.8 Å². The minimum Gasteiger partial charge on any atom is -0.299 e. The van der Waals surface area contributed by atoms with E-state index in [1.165, 1.54) is 11.8 Å². The van der Waals surface area contributed by atoms with Crippen LogP contribution in [0, 0.1) is 17.6 Å². The summed E-state index contributed by atoms with van der Waals surface area (Å²) >= 11 is 2.65. The standard InChI is InChI=1S/C15H18F2N4O3S3/c1-9(2)8-25-15-20-19-14(26-15)18-13(22)7-21(27(3,23)24)12-5-4-10(16)6-11(12)17/h4-6,9H,7-8H2,1-3H3,(H,18,19,22). The van der Waals surface area contributed by atoms with Crippen LogP contribution >= 0.6 is 23.1 Å². The molecule has 0 aliphatic rings. The number of aromatic nitrogens is 2. The first-order chi connectivity index (χ1) is 12.6. The predicted molar refractivity (Wildman–Crippen MR) is 103 cm³/mol. The Morgan fingerprint density at radius 1 is 1.33 bits per heavy atom. The number of sulfonamides is 1. The van der Waals surface area contributed by atoms with Crippen LogP contribution in [0.2, 0.25) is 0 Å². The largest absolute Gasteiger partial charge is 0.299 e. The molecule has 27 heavy (non-hydrogen) atoms. The number of anilines is 2. The highest BCUT2D eigenvalue weighted by molar-refractivity contribution is 8.01. The fourth-order valence-electron chi connectivity index (χ4n) is 1.91. The molecule has 0 saturated carbocycles. The summed E-state index contributed by atoms with van der Waals surface area (Å²) < 4.78 is 52.2. The van der Waals surface area contributed by atoms with Crippen LogP contribution < -0.4 is 9.62 Å². The zero-order valence-corrected chi connectivity index (χ0v) is 17.2. The van der Waals surface area contributed by atoms with E-state index in [9.17, 15) is 22.0 Å². The third kappa shape index (κ3) is 6.40.